The zero-order valence-electron chi connectivity index (χ0n) is 8.85. The van der Waals surface area contributed by atoms with Crippen molar-refractivity contribution in [3.63, 3.8) is 0 Å². The average molecular weight is 162 g/mol. The van der Waals surface area contributed by atoms with Crippen LogP contribution in [0.25, 0.3) is 0 Å². The van der Waals surface area contributed by atoms with Gasteiger partial charge in [0.25, 0.3) is 0 Å². The van der Waals surface area contributed by atoms with E-state index in [1.807, 2.05) is 6.92 Å². The number of rotatable bonds is 1. The molecule has 0 aromatic heterocycles. The molecule has 0 amide bonds. The third kappa shape index (κ3) is 169. The second-order valence-electron chi connectivity index (χ2n) is 2.49. The van der Waals surface area contributed by atoms with Crippen LogP contribution in [0.4, 0.5) is 0 Å². The maximum absolute atomic E-state index is 5.07. The van der Waals surface area contributed by atoms with E-state index in [2.05, 4.69) is 27.7 Å². The minimum atomic E-state index is -0.116. The van der Waals surface area contributed by atoms with Gasteiger partial charge in [-0.25, -0.2) is 0 Å². The molecule has 2 nitrogen and oxygen atoms in total. The summed E-state index contributed by atoms with van der Waals surface area (Å²) < 4.78 is 0. The van der Waals surface area contributed by atoms with E-state index in [4.69, 9.17) is 11.5 Å². The summed E-state index contributed by atoms with van der Waals surface area (Å²) in [6.45, 7) is 10.4. The molecule has 2 heteroatoms. The molecule has 0 unspecified atom stereocenters. The van der Waals surface area contributed by atoms with Crippen molar-refractivity contribution in [2.75, 3.05) is 0 Å². The van der Waals surface area contributed by atoms with Gasteiger partial charge in [-0.1, -0.05) is 47.5 Å². The second-order valence-corrected chi connectivity index (χ2v) is 2.49. The van der Waals surface area contributed by atoms with E-state index in [1.54, 1.807) is 0 Å². The van der Waals surface area contributed by atoms with Gasteiger partial charge in [-0.3, -0.25) is 0 Å². The fourth-order valence-electron chi connectivity index (χ4n) is 0. The fraction of sp³-hybridized carbons (Fsp3) is 1.00. The highest BCUT2D eigenvalue weighted by Gasteiger charge is 1.79. The van der Waals surface area contributed by atoms with Gasteiger partial charge in [0, 0.05) is 0 Å². The van der Waals surface area contributed by atoms with Crippen molar-refractivity contribution in [2.24, 2.45) is 11.5 Å². The molecule has 0 fully saturated rings. The Labute approximate surface area is 72.4 Å². The molecule has 0 saturated carbocycles. The van der Waals surface area contributed by atoms with Gasteiger partial charge < -0.3 is 11.5 Å². The van der Waals surface area contributed by atoms with Crippen LogP contribution in [0.5, 0.6) is 0 Å². The predicted octanol–water partition coefficient (Wildman–Crippen LogP) is 2.47. The summed E-state index contributed by atoms with van der Waals surface area (Å²) in [5.41, 5.74) is 10.1. The summed E-state index contributed by atoms with van der Waals surface area (Å²) in [6.07, 6.45) is 3.25. The first kappa shape index (κ1) is 17.1. The number of nitrogens with two attached hydrogens (primary N) is 2. The van der Waals surface area contributed by atoms with Crippen molar-refractivity contribution in [1.29, 1.82) is 0 Å². The van der Waals surface area contributed by atoms with Crippen molar-refractivity contribution in [2.45, 2.75) is 60.0 Å². The topological polar surface area (TPSA) is 52.0 Å². The fourth-order valence-corrected chi connectivity index (χ4v) is 0. The third-order valence-electron chi connectivity index (χ3n) is 0.471. The largest absolute Gasteiger partial charge is 0.316 e. The Morgan fingerprint density at radius 1 is 0.818 bits per heavy atom. The molecule has 0 aliphatic heterocycles. The lowest BCUT2D eigenvalue weighted by molar-refractivity contribution is 0.682. The Morgan fingerprint density at radius 2 is 0.909 bits per heavy atom. The Morgan fingerprint density at radius 3 is 0.909 bits per heavy atom. The van der Waals surface area contributed by atoms with Gasteiger partial charge in [-0.05, 0) is 6.42 Å². The molecule has 0 rings (SSSR count). The summed E-state index contributed by atoms with van der Waals surface area (Å²) in [6, 6.07) is 0. The van der Waals surface area contributed by atoms with Crippen LogP contribution in [0.2, 0.25) is 0 Å². The van der Waals surface area contributed by atoms with Crippen LogP contribution in [0.15, 0.2) is 0 Å². The van der Waals surface area contributed by atoms with Crippen LogP contribution in [0.3, 0.4) is 0 Å². The van der Waals surface area contributed by atoms with Crippen molar-refractivity contribution in [3.05, 3.63) is 0 Å². The lowest BCUT2D eigenvalue weighted by atomic mass is 10.4. The first-order valence-electron chi connectivity index (χ1n) is 4.61. The van der Waals surface area contributed by atoms with E-state index in [-0.39, 0.29) is 6.17 Å². The predicted molar refractivity (Wildman–Crippen MR) is 54.4 cm³/mol. The maximum Gasteiger partial charge on any atom is 0.0518 e. The van der Waals surface area contributed by atoms with E-state index >= 15 is 0 Å². The van der Waals surface area contributed by atoms with Gasteiger partial charge in [0.15, 0.2) is 0 Å². The van der Waals surface area contributed by atoms with Gasteiger partial charge in [0.1, 0.15) is 0 Å². The van der Waals surface area contributed by atoms with Gasteiger partial charge in [0.05, 0.1) is 6.17 Å². The molecule has 4 N–H and O–H groups in total. The second kappa shape index (κ2) is 22.5. The highest BCUT2D eigenvalue weighted by molar-refractivity contribution is 4.40. The SMILES string of the molecule is CCC.CCC.CCC(N)N. The van der Waals surface area contributed by atoms with Crippen molar-refractivity contribution >= 4 is 0 Å². The lowest BCUT2D eigenvalue weighted by Crippen LogP contribution is -2.28. The molecule has 0 heterocycles. The highest BCUT2D eigenvalue weighted by atomic mass is 14.8. The molecule has 0 aromatic carbocycles. The molecule has 0 radical (unpaired) electrons. The molecule has 0 aliphatic carbocycles. The monoisotopic (exact) mass is 162 g/mol. The first-order chi connectivity index (χ1) is 5.10. The molecule has 0 atom stereocenters. The smallest absolute Gasteiger partial charge is 0.0518 e. The summed E-state index contributed by atoms with van der Waals surface area (Å²) in [4.78, 5) is 0. The minimum Gasteiger partial charge on any atom is -0.316 e. The average Bonchev–Trinajstić information content (AvgIpc) is 1.91. The van der Waals surface area contributed by atoms with Crippen molar-refractivity contribution < 1.29 is 0 Å². The zero-order valence-corrected chi connectivity index (χ0v) is 8.85. The first-order valence-corrected chi connectivity index (χ1v) is 4.61. The Kier molecular flexibility index (Phi) is 35.1. The molecule has 11 heavy (non-hydrogen) atoms. The summed E-state index contributed by atoms with van der Waals surface area (Å²) in [5.74, 6) is 0. The molecule has 0 spiro atoms. The minimum absolute atomic E-state index is 0.116. The molecule has 0 aromatic rings. The molecular weight excluding hydrogens is 136 g/mol. The number of hydrogen-bond donors (Lipinski definition) is 2. The van der Waals surface area contributed by atoms with Gasteiger partial charge in [-0.15, -0.1) is 0 Å². The molecule has 0 saturated heterocycles. The summed E-state index contributed by atoms with van der Waals surface area (Å²) >= 11 is 0. The van der Waals surface area contributed by atoms with Crippen LogP contribution in [-0.4, -0.2) is 6.17 Å². The van der Waals surface area contributed by atoms with Gasteiger partial charge in [-0.2, -0.15) is 0 Å². The summed E-state index contributed by atoms with van der Waals surface area (Å²) in [7, 11) is 0. The third-order valence-corrected chi connectivity index (χ3v) is 0.471. The molecular formula is C9H26N2. The quantitative estimate of drug-likeness (QED) is 0.582. The van der Waals surface area contributed by atoms with E-state index in [1.165, 1.54) is 12.8 Å². The Hall–Kier alpha value is -0.0800. The van der Waals surface area contributed by atoms with Crippen LogP contribution in [-0.2, 0) is 0 Å². The summed E-state index contributed by atoms with van der Waals surface area (Å²) in [5, 5.41) is 0. The van der Waals surface area contributed by atoms with Crippen LogP contribution in [0, 0.1) is 0 Å². The van der Waals surface area contributed by atoms with Crippen LogP contribution >= 0.6 is 0 Å². The van der Waals surface area contributed by atoms with E-state index in [0.717, 1.165) is 6.42 Å². The van der Waals surface area contributed by atoms with Crippen molar-refractivity contribution in [3.8, 4) is 0 Å². The van der Waals surface area contributed by atoms with Crippen LogP contribution in [0.1, 0.15) is 53.9 Å². The normalized spacial score (nSPS) is 7.64. The van der Waals surface area contributed by atoms with E-state index in [0.29, 0.717) is 0 Å². The van der Waals surface area contributed by atoms with Crippen molar-refractivity contribution in [1.82, 2.24) is 0 Å². The standard InChI is InChI=1S/C3H10N2.2C3H8/c1-2-3(4)5;2*1-3-2/h3H,2,4-5H2,1H3;2*3H2,1-2H3. The lowest BCUT2D eigenvalue weighted by Gasteiger charge is -1.92. The van der Waals surface area contributed by atoms with Gasteiger partial charge in [0.2, 0.25) is 0 Å². The van der Waals surface area contributed by atoms with Gasteiger partial charge >= 0.3 is 0 Å². The van der Waals surface area contributed by atoms with Crippen LogP contribution < -0.4 is 11.5 Å². The molecule has 0 bridgehead atoms. The maximum atomic E-state index is 5.07. The Bertz CT molecular complexity index is 34.5. The zero-order chi connectivity index (χ0) is 9.70. The highest BCUT2D eigenvalue weighted by Crippen LogP contribution is 1.68. The molecule has 0 aliphatic rings. The Balaban J connectivity index is -0.0000000933. The number of hydrogen-bond acceptors (Lipinski definition) is 2. The molecule has 72 valence electrons. The van der Waals surface area contributed by atoms with E-state index in [9.17, 15) is 0 Å². The van der Waals surface area contributed by atoms with E-state index < -0.39 is 0 Å².